The number of hydrogen-bond donors (Lipinski definition) is 0. The van der Waals surface area contributed by atoms with Crippen LogP contribution in [0, 0.1) is 6.92 Å². The molecule has 2 heterocycles. The van der Waals surface area contributed by atoms with E-state index in [2.05, 4.69) is 5.10 Å². The average Bonchev–Trinajstić information content (AvgIpc) is 3.39. The SMILES string of the molecule is Cc1nn(C2CC2)cc1-c1cn(C)c(=O)cc1-c1ccc(C(F)(F)F)cc1. The molecule has 1 fully saturated rings. The largest absolute Gasteiger partial charge is 0.416 e. The Morgan fingerprint density at radius 2 is 1.70 bits per heavy atom. The molecule has 0 atom stereocenters. The summed E-state index contributed by atoms with van der Waals surface area (Å²) in [6, 6.07) is 6.77. The van der Waals surface area contributed by atoms with Crippen LogP contribution >= 0.6 is 0 Å². The van der Waals surface area contributed by atoms with Gasteiger partial charge in [-0.15, -0.1) is 0 Å². The van der Waals surface area contributed by atoms with Crippen LogP contribution in [0.2, 0.25) is 0 Å². The standard InChI is InChI=1S/C20H18F3N3O/c1-12-17(11-26(24-12)15-7-8-15)18-10-25(2)19(27)9-16(18)13-3-5-14(6-4-13)20(21,22)23/h3-6,9-11,15H,7-8H2,1-2H3. The summed E-state index contributed by atoms with van der Waals surface area (Å²) in [5, 5.41) is 4.56. The Labute approximate surface area is 153 Å². The van der Waals surface area contributed by atoms with Crippen molar-refractivity contribution in [1.82, 2.24) is 14.3 Å². The number of rotatable bonds is 3. The Morgan fingerprint density at radius 3 is 2.30 bits per heavy atom. The van der Waals surface area contributed by atoms with E-state index in [0.717, 1.165) is 41.8 Å². The van der Waals surface area contributed by atoms with Crippen molar-refractivity contribution >= 4 is 0 Å². The molecular weight excluding hydrogens is 355 g/mol. The number of alkyl halides is 3. The molecule has 4 nitrogen and oxygen atoms in total. The molecule has 1 aliphatic rings. The summed E-state index contributed by atoms with van der Waals surface area (Å²) in [5.41, 5.74) is 2.72. The first-order chi connectivity index (χ1) is 12.7. The van der Waals surface area contributed by atoms with E-state index in [9.17, 15) is 18.0 Å². The normalized spacial score (nSPS) is 14.6. The van der Waals surface area contributed by atoms with Crippen molar-refractivity contribution in [2.24, 2.45) is 7.05 Å². The van der Waals surface area contributed by atoms with Gasteiger partial charge in [-0.2, -0.15) is 18.3 Å². The average molecular weight is 373 g/mol. The molecule has 0 N–H and O–H groups in total. The molecule has 2 aromatic heterocycles. The maximum atomic E-state index is 12.9. The maximum absolute atomic E-state index is 12.9. The predicted molar refractivity (Wildman–Crippen MR) is 96.4 cm³/mol. The zero-order chi connectivity index (χ0) is 19.3. The molecule has 0 saturated heterocycles. The predicted octanol–water partition coefficient (Wildman–Crippen LogP) is 4.58. The van der Waals surface area contributed by atoms with E-state index in [1.54, 1.807) is 13.2 Å². The third-order valence-corrected chi connectivity index (χ3v) is 4.88. The summed E-state index contributed by atoms with van der Waals surface area (Å²) in [4.78, 5) is 12.2. The molecule has 1 saturated carbocycles. The molecule has 0 aliphatic heterocycles. The quantitative estimate of drug-likeness (QED) is 0.674. The van der Waals surface area contributed by atoms with Gasteiger partial charge in [-0.3, -0.25) is 9.48 Å². The maximum Gasteiger partial charge on any atom is 0.416 e. The fourth-order valence-corrected chi connectivity index (χ4v) is 3.19. The van der Waals surface area contributed by atoms with Gasteiger partial charge in [0, 0.05) is 36.6 Å². The second-order valence-electron chi connectivity index (χ2n) is 6.96. The fraction of sp³-hybridized carbons (Fsp3) is 0.300. The van der Waals surface area contributed by atoms with Crippen molar-refractivity contribution < 1.29 is 13.2 Å². The van der Waals surface area contributed by atoms with E-state index < -0.39 is 11.7 Å². The smallest absolute Gasteiger partial charge is 0.318 e. The van der Waals surface area contributed by atoms with Crippen LogP contribution in [0.3, 0.4) is 0 Å². The molecule has 1 aliphatic carbocycles. The van der Waals surface area contributed by atoms with Crippen molar-refractivity contribution in [3.8, 4) is 22.3 Å². The van der Waals surface area contributed by atoms with Crippen molar-refractivity contribution in [2.45, 2.75) is 32.0 Å². The Bertz CT molecular complexity index is 1060. The number of benzene rings is 1. The van der Waals surface area contributed by atoms with Gasteiger partial charge in [-0.25, -0.2) is 0 Å². The molecule has 0 radical (unpaired) electrons. The van der Waals surface area contributed by atoms with Gasteiger partial charge in [-0.1, -0.05) is 12.1 Å². The van der Waals surface area contributed by atoms with Gasteiger partial charge in [0.2, 0.25) is 0 Å². The highest BCUT2D eigenvalue weighted by Gasteiger charge is 2.30. The minimum Gasteiger partial charge on any atom is -0.318 e. The van der Waals surface area contributed by atoms with Crippen LogP contribution in [0.15, 0.2) is 47.5 Å². The minimum atomic E-state index is -4.39. The number of aromatic nitrogens is 3. The van der Waals surface area contributed by atoms with E-state index in [1.165, 1.54) is 22.8 Å². The lowest BCUT2D eigenvalue weighted by molar-refractivity contribution is -0.137. The van der Waals surface area contributed by atoms with E-state index in [0.29, 0.717) is 17.2 Å². The highest BCUT2D eigenvalue weighted by atomic mass is 19.4. The number of hydrogen-bond acceptors (Lipinski definition) is 2. The third kappa shape index (κ3) is 3.29. The van der Waals surface area contributed by atoms with Crippen molar-refractivity contribution in [1.29, 1.82) is 0 Å². The molecule has 140 valence electrons. The Morgan fingerprint density at radius 1 is 1.04 bits per heavy atom. The van der Waals surface area contributed by atoms with E-state index in [1.807, 2.05) is 17.8 Å². The van der Waals surface area contributed by atoms with Crippen LogP contribution in [-0.4, -0.2) is 14.3 Å². The summed E-state index contributed by atoms with van der Waals surface area (Å²) in [7, 11) is 1.66. The van der Waals surface area contributed by atoms with Crippen LogP contribution in [0.5, 0.6) is 0 Å². The Kier molecular flexibility index (Phi) is 3.98. The molecule has 7 heteroatoms. The van der Waals surface area contributed by atoms with Gasteiger partial charge < -0.3 is 4.57 Å². The van der Waals surface area contributed by atoms with Gasteiger partial charge in [0.05, 0.1) is 17.3 Å². The third-order valence-electron chi connectivity index (χ3n) is 4.88. The lowest BCUT2D eigenvalue weighted by Crippen LogP contribution is -2.15. The molecular formula is C20H18F3N3O. The zero-order valence-corrected chi connectivity index (χ0v) is 14.9. The first-order valence-electron chi connectivity index (χ1n) is 8.68. The Balaban J connectivity index is 1.86. The van der Waals surface area contributed by atoms with Crippen LogP contribution in [0.4, 0.5) is 13.2 Å². The number of pyridine rings is 1. The highest BCUT2D eigenvalue weighted by Crippen LogP contribution is 2.38. The molecule has 1 aromatic carbocycles. The monoisotopic (exact) mass is 373 g/mol. The zero-order valence-electron chi connectivity index (χ0n) is 14.9. The molecule has 0 spiro atoms. The summed E-state index contributed by atoms with van der Waals surface area (Å²) in [5.74, 6) is 0. The highest BCUT2D eigenvalue weighted by molar-refractivity contribution is 5.83. The lowest BCUT2D eigenvalue weighted by atomic mass is 9.96. The van der Waals surface area contributed by atoms with Gasteiger partial charge in [-0.05, 0) is 43.0 Å². The van der Waals surface area contributed by atoms with Gasteiger partial charge in [0.1, 0.15) is 0 Å². The number of aryl methyl sites for hydroxylation is 2. The molecule has 3 aromatic rings. The molecule has 0 amide bonds. The number of nitrogens with zero attached hydrogens (tertiary/aromatic N) is 3. The Hall–Kier alpha value is -2.83. The van der Waals surface area contributed by atoms with Crippen molar-refractivity contribution in [3.05, 3.63) is 64.3 Å². The minimum absolute atomic E-state index is 0.221. The molecule has 0 bridgehead atoms. The van der Waals surface area contributed by atoms with E-state index >= 15 is 0 Å². The molecule has 27 heavy (non-hydrogen) atoms. The van der Waals surface area contributed by atoms with E-state index in [-0.39, 0.29) is 5.56 Å². The van der Waals surface area contributed by atoms with Crippen molar-refractivity contribution in [3.63, 3.8) is 0 Å². The number of halogens is 3. The van der Waals surface area contributed by atoms with Crippen LogP contribution < -0.4 is 5.56 Å². The molecule has 0 unspecified atom stereocenters. The first-order valence-corrected chi connectivity index (χ1v) is 8.68. The summed E-state index contributed by atoms with van der Waals surface area (Å²) in [6.45, 7) is 1.90. The summed E-state index contributed by atoms with van der Waals surface area (Å²) in [6.07, 6.45) is 1.48. The fourth-order valence-electron chi connectivity index (χ4n) is 3.19. The van der Waals surface area contributed by atoms with Crippen LogP contribution in [-0.2, 0) is 13.2 Å². The van der Waals surface area contributed by atoms with E-state index in [4.69, 9.17) is 0 Å². The second-order valence-corrected chi connectivity index (χ2v) is 6.96. The first kappa shape index (κ1) is 17.6. The van der Waals surface area contributed by atoms with Gasteiger partial charge >= 0.3 is 6.18 Å². The second kappa shape index (κ2) is 6.11. The topological polar surface area (TPSA) is 39.8 Å². The summed E-state index contributed by atoms with van der Waals surface area (Å²) >= 11 is 0. The van der Waals surface area contributed by atoms with Crippen molar-refractivity contribution in [2.75, 3.05) is 0 Å². The van der Waals surface area contributed by atoms with Crippen LogP contribution in [0.1, 0.15) is 30.1 Å². The van der Waals surface area contributed by atoms with Gasteiger partial charge in [0.15, 0.2) is 0 Å². The lowest BCUT2D eigenvalue weighted by Gasteiger charge is -2.12. The molecule has 4 rings (SSSR count). The van der Waals surface area contributed by atoms with Crippen LogP contribution in [0.25, 0.3) is 22.3 Å². The van der Waals surface area contributed by atoms with Gasteiger partial charge in [0.25, 0.3) is 5.56 Å². The summed E-state index contributed by atoms with van der Waals surface area (Å²) < 4.78 is 42.0.